The molecule has 0 unspecified atom stereocenters. The quantitative estimate of drug-likeness (QED) is 0.799. The van der Waals surface area contributed by atoms with Crippen LogP contribution in [0.25, 0.3) is 22.4 Å². The molecule has 0 amide bonds. The second-order valence-corrected chi connectivity index (χ2v) is 4.48. The van der Waals surface area contributed by atoms with Crippen molar-refractivity contribution in [1.82, 2.24) is 9.97 Å². The molecule has 2 aromatic carbocycles. The summed E-state index contributed by atoms with van der Waals surface area (Å²) in [5.74, 6) is 2.50. The van der Waals surface area contributed by atoms with Gasteiger partial charge < -0.3 is 19.2 Å². The first-order valence-electron chi connectivity index (χ1n) is 6.52. The van der Waals surface area contributed by atoms with E-state index in [1.807, 2.05) is 36.4 Å². The summed E-state index contributed by atoms with van der Waals surface area (Å²) in [5.41, 5.74) is 2.71. The van der Waals surface area contributed by atoms with E-state index < -0.39 is 0 Å². The fourth-order valence-corrected chi connectivity index (χ4v) is 2.37. The van der Waals surface area contributed by atoms with E-state index in [-0.39, 0.29) is 0 Å². The highest BCUT2D eigenvalue weighted by Gasteiger charge is 2.19. The third-order valence-electron chi connectivity index (χ3n) is 3.35. The van der Waals surface area contributed by atoms with Gasteiger partial charge in [0.2, 0.25) is 5.75 Å². The van der Waals surface area contributed by atoms with Crippen LogP contribution in [-0.2, 0) is 0 Å². The molecular weight excluding hydrogens is 268 g/mol. The predicted octanol–water partition coefficient (Wildman–Crippen LogP) is 3.26. The minimum absolute atomic E-state index is 0.554. The summed E-state index contributed by atoms with van der Waals surface area (Å²) in [6.07, 6.45) is 0. The monoisotopic (exact) mass is 284 g/mol. The van der Waals surface area contributed by atoms with Gasteiger partial charge in [0.1, 0.15) is 5.82 Å². The van der Waals surface area contributed by atoms with Crippen LogP contribution in [0.15, 0.2) is 36.4 Å². The minimum atomic E-state index is 0.554. The highest BCUT2D eigenvalue weighted by Crippen LogP contribution is 2.43. The lowest BCUT2D eigenvalue weighted by Gasteiger charge is -2.14. The number of methoxy groups -OCH3 is 3. The second-order valence-electron chi connectivity index (χ2n) is 4.48. The van der Waals surface area contributed by atoms with Crippen LogP contribution in [0.4, 0.5) is 0 Å². The molecule has 0 bridgehead atoms. The van der Waals surface area contributed by atoms with Crippen molar-refractivity contribution in [3.63, 3.8) is 0 Å². The maximum absolute atomic E-state index is 5.50. The van der Waals surface area contributed by atoms with E-state index in [0.717, 1.165) is 22.4 Å². The lowest BCUT2D eigenvalue weighted by Crippen LogP contribution is -1.97. The summed E-state index contributed by atoms with van der Waals surface area (Å²) in [5, 5.41) is 0. The molecule has 1 heterocycles. The van der Waals surface area contributed by atoms with E-state index in [0.29, 0.717) is 17.2 Å². The normalized spacial score (nSPS) is 10.6. The van der Waals surface area contributed by atoms with Gasteiger partial charge in [-0.2, -0.15) is 0 Å². The van der Waals surface area contributed by atoms with Crippen molar-refractivity contribution >= 4 is 11.0 Å². The smallest absolute Gasteiger partial charge is 0.204 e. The number of H-pyrrole nitrogens is 1. The van der Waals surface area contributed by atoms with Gasteiger partial charge in [-0.05, 0) is 24.3 Å². The SMILES string of the molecule is COc1ccc(-c2nc3ccccc3[nH]2)c(OC)c1OC. The zero-order chi connectivity index (χ0) is 14.8. The van der Waals surface area contributed by atoms with Crippen molar-refractivity contribution in [3.05, 3.63) is 36.4 Å². The van der Waals surface area contributed by atoms with E-state index in [2.05, 4.69) is 9.97 Å². The van der Waals surface area contributed by atoms with Crippen molar-refractivity contribution < 1.29 is 14.2 Å². The molecule has 0 aliphatic carbocycles. The average Bonchev–Trinajstić information content (AvgIpc) is 2.96. The van der Waals surface area contributed by atoms with Gasteiger partial charge in [0.25, 0.3) is 0 Å². The van der Waals surface area contributed by atoms with E-state index in [1.54, 1.807) is 21.3 Å². The summed E-state index contributed by atoms with van der Waals surface area (Å²) in [6, 6.07) is 11.6. The van der Waals surface area contributed by atoms with Gasteiger partial charge in [-0.3, -0.25) is 0 Å². The first-order valence-corrected chi connectivity index (χ1v) is 6.52. The first-order chi connectivity index (χ1) is 10.3. The summed E-state index contributed by atoms with van der Waals surface area (Å²) in [7, 11) is 4.78. The van der Waals surface area contributed by atoms with Gasteiger partial charge in [-0.1, -0.05) is 12.1 Å². The Morgan fingerprint density at radius 3 is 2.29 bits per heavy atom. The molecule has 1 N–H and O–H groups in total. The molecule has 1 aromatic heterocycles. The van der Waals surface area contributed by atoms with Crippen molar-refractivity contribution in [2.45, 2.75) is 0 Å². The first kappa shape index (κ1) is 13.3. The van der Waals surface area contributed by atoms with Crippen LogP contribution in [0.1, 0.15) is 0 Å². The number of para-hydroxylation sites is 2. The van der Waals surface area contributed by atoms with E-state index >= 15 is 0 Å². The van der Waals surface area contributed by atoms with Crippen LogP contribution in [0.5, 0.6) is 17.2 Å². The zero-order valence-electron chi connectivity index (χ0n) is 12.1. The number of benzene rings is 2. The van der Waals surface area contributed by atoms with Gasteiger partial charge in [-0.15, -0.1) is 0 Å². The van der Waals surface area contributed by atoms with E-state index in [9.17, 15) is 0 Å². The van der Waals surface area contributed by atoms with Gasteiger partial charge >= 0.3 is 0 Å². The van der Waals surface area contributed by atoms with Crippen LogP contribution in [0.2, 0.25) is 0 Å². The number of aromatic amines is 1. The fourth-order valence-electron chi connectivity index (χ4n) is 2.37. The number of hydrogen-bond acceptors (Lipinski definition) is 4. The molecule has 0 aliphatic heterocycles. The Hall–Kier alpha value is -2.69. The highest BCUT2D eigenvalue weighted by molar-refractivity contribution is 5.82. The molecule has 0 saturated carbocycles. The Labute approximate surface area is 122 Å². The van der Waals surface area contributed by atoms with Gasteiger partial charge in [0, 0.05) is 0 Å². The van der Waals surface area contributed by atoms with Crippen molar-refractivity contribution in [2.24, 2.45) is 0 Å². The van der Waals surface area contributed by atoms with Gasteiger partial charge in [0.05, 0.1) is 37.9 Å². The molecule has 0 aliphatic rings. The van der Waals surface area contributed by atoms with Gasteiger partial charge in [0.15, 0.2) is 11.5 Å². The Bertz CT molecular complexity index is 747. The number of imidazole rings is 1. The third kappa shape index (κ3) is 2.16. The Morgan fingerprint density at radius 1 is 0.857 bits per heavy atom. The number of nitrogens with zero attached hydrogens (tertiary/aromatic N) is 1. The number of fused-ring (bicyclic) bond motifs is 1. The summed E-state index contributed by atoms with van der Waals surface area (Å²) >= 11 is 0. The number of ether oxygens (including phenoxy) is 3. The number of rotatable bonds is 4. The maximum Gasteiger partial charge on any atom is 0.204 e. The molecule has 108 valence electrons. The van der Waals surface area contributed by atoms with E-state index in [1.165, 1.54) is 0 Å². The third-order valence-corrected chi connectivity index (χ3v) is 3.35. The molecule has 0 spiro atoms. The molecule has 5 nitrogen and oxygen atoms in total. The van der Waals surface area contributed by atoms with Crippen LogP contribution in [0, 0.1) is 0 Å². The Morgan fingerprint density at radius 2 is 1.62 bits per heavy atom. The highest BCUT2D eigenvalue weighted by atomic mass is 16.5. The predicted molar refractivity (Wildman–Crippen MR) is 81.2 cm³/mol. The minimum Gasteiger partial charge on any atom is -0.493 e. The maximum atomic E-state index is 5.50. The largest absolute Gasteiger partial charge is 0.493 e. The zero-order valence-corrected chi connectivity index (χ0v) is 12.1. The summed E-state index contributed by atoms with van der Waals surface area (Å²) < 4.78 is 16.2. The molecular formula is C16H16N2O3. The fraction of sp³-hybridized carbons (Fsp3) is 0.188. The topological polar surface area (TPSA) is 56.4 Å². The van der Waals surface area contributed by atoms with Crippen molar-refractivity contribution in [3.8, 4) is 28.6 Å². The standard InChI is InChI=1S/C16H16N2O3/c1-19-13-9-8-10(14(20-2)15(13)21-3)16-17-11-6-4-5-7-12(11)18-16/h4-9H,1-3H3,(H,17,18). The number of nitrogens with one attached hydrogen (secondary N) is 1. The van der Waals surface area contributed by atoms with Crippen LogP contribution in [0.3, 0.4) is 0 Å². The van der Waals surface area contributed by atoms with Gasteiger partial charge in [-0.25, -0.2) is 4.98 Å². The molecule has 0 fully saturated rings. The van der Waals surface area contributed by atoms with E-state index in [4.69, 9.17) is 14.2 Å². The number of hydrogen-bond donors (Lipinski definition) is 1. The molecule has 0 saturated heterocycles. The molecule has 0 atom stereocenters. The molecule has 0 radical (unpaired) electrons. The molecule has 21 heavy (non-hydrogen) atoms. The molecule has 3 aromatic rings. The van der Waals surface area contributed by atoms with Crippen LogP contribution < -0.4 is 14.2 Å². The molecule has 3 rings (SSSR count). The Kier molecular flexibility index (Phi) is 3.39. The summed E-state index contributed by atoms with van der Waals surface area (Å²) in [4.78, 5) is 7.88. The lowest BCUT2D eigenvalue weighted by molar-refractivity contribution is 0.325. The van der Waals surface area contributed by atoms with Crippen molar-refractivity contribution in [2.75, 3.05) is 21.3 Å². The van der Waals surface area contributed by atoms with Crippen molar-refractivity contribution in [1.29, 1.82) is 0 Å². The number of aromatic nitrogens is 2. The van der Waals surface area contributed by atoms with Crippen LogP contribution in [-0.4, -0.2) is 31.3 Å². The second kappa shape index (κ2) is 5.36. The average molecular weight is 284 g/mol. The summed E-state index contributed by atoms with van der Waals surface area (Å²) in [6.45, 7) is 0. The molecule has 5 heteroatoms. The van der Waals surface area contributed by atoms with Crippen LogP contribution >= 0.6 is 0 Å². The lowest BCUT2D eigenvalue weighted by atomic mass is 10.1. The Balaban J connectivity index is 2.21.